The Morgan fingerprint density at radius 3 is 1.93 bits per heavy atom. The number of nitrogens with one attached hydrogen (secondary N) is 2. The molecule has 0 bridgehead atoms. The minimum Gasteiger partial charge on any atom is -0.307 e. The molecule has 0 aliphatic heterocycles. The monoisotopic (exact) mass is 430 g/mol. The van der Waals surface area contributed by atoms with Crippen LogP contribution in [-0.2, 0) is 16.2 Å². The van der Waals surface area contributed by atoms with Crippen molar-refractivity contribution in [2.24, 2.45) is 0 Å². The van der Waals surface area contributed by atoms with Gasteiger partial charge in [0.05, 0.1) is 0 Å². The number of halogens is 3. The zero-order valence-corrected chi connectivity index (χ0v) is 17.0. The van der Waals surface area contributed by atoms with Crippen molar-refractivity contribution in [2.75, 3.05) is 5.32 Å². The van der Waals surface area contributed by atoms with Crippen LogP contribution in [0.3, 0.4) is 0 Å². The maximum absolute atomic E-state index is 12.5. The van der Waals surface area contributed by atoms with E-state index in [0.717, 1.165) is 11.1 Å². The first-order chi connectivity index (χ1) is 13.3. The van der Waals surface area contributed by atoms with Crippen LogP contribution in [0.1, 0.15) is 56.4 Å². The Morgan fingerprint density at radius 1 is 0.966 bits per heavy atom. The van der Waals surface area contributed by atoms with Gasteiger partial charge in [-0.15, -0.1) is 10.2 Å². The molecule has 2 rings (SSSR count). The quantitative estimate of drug-likeness (QED) is 0.738. The van der Waals surface area contributed by atoms with Crippen LogP contribution in [-0.4, -0.2) is 24.6 Å². The van der Waals surface area contributed by atoms with Crippen molar-refractivity contribution in [1.29, 1.82) is 0 Å². The van der Waals surface area contributed by atoms with Crippen LogP contribution in [0, 0.1) is 0 Å². The summed E-state index contributed by atoms with van der Waals surface area (Å²) in [5.41, 5.74) is 0.785. The summed E-state index contributed by atoms with van der Waals surface area (Å²) in [5, 5.41) is 7.67. The molecule has 7 nitrogen and oxygen atoms in total. The molecule has 158 valence electrons. The average molecular weight is 430 g/mol. The molecule has 0 aliphatic rings. The number of carbonyl (C=O) groups excluding carboxylic acids is 1. The van der Waals surface area contributed by atoms with Gasteiger partial charge in [0.1, 0.15) is 0 Å². The van der Waals surface area contributed by atoms with Crippen LogP contribution >= 0.6 is 0 Å². The lowest BCUT2D eigenvalue weighted by Crippen LogP contribution is -2.35. The van der Waals surface area contributed by atoms with E-state index in [1.165, 1.54) is 0 Å². The van der Waals surface area contributed by atoms with Crippen LogP contribution in [0.2, 0.25) is 0 Å². The number of hydrogen-bond donors (Lipinski definition) is 2. The predicted molar refractivity (Wildman–Crippen MR) is 101 cm³/mol. The Morgan fingerprint density at radius 2 is 1.52 bits per heavy atom. The second kappa shape index (κ2) is 8.36. The molecule has 2 aromatic rings. The zero-order valence-electron chi connectivity index (χ0n) is 16.2. The van der Waals surface area contributed by atoms with Gasteiger partial charge in [-0.25, -0.2) is 9.52 Å². The summed E-state index contributed by atoms with van der Waals surface area (Å²) >= 11 is 0. The summed E-state index contributed by atoms with van der Waals surface area (Å²) in [5.74, 6) is 0.114. The van der Waals surface area contributed by atoms with E-state index in [4.69, 9.17) is 0 Å². The van der Waals surface area contributed by atoms with Crippen molar-refractivity contribution >= 4 is 21.7 Å². The van der Waals surface area contributed by atoms with E-state index < -0.39 is 33.0 Å². The van der Waals surface area contributed by atoms with Crippen molar-refractivity contribution < 1.29 is 26.4 Å². The summed E-state index contributed by atoms with van der Waals surface area (Å²) in [6.07, 6.45) is -4.76. The maximum atomic E-state index is 12.5. The van der Waals surface area contributed by atoms with E-state index in [9.17, 15) is 26.4 Å². The van der Waals surface area contributed by atoms with Crippen LogP contribution in [0.15, 0.2) is 35.4 Å². The molecular weight excluding hydrogens is 409 g/mol. The summed E-state index contributed by atoms with van der Waals surface area (Å²) in [4.78, 5) is 12.3. The standard InChI is InChI=1S/C18H21F3N4O3S/c1-10(2)12-6-5-7-13(11(3)4)16(12)22-17(26)25-29(27,28)15-9-8-14(23-24-15)18(19,20)21/h5-11H,1-4H3,(H2,22,25,26). The smallest absolute Gasteiger partial charge is 0.307 e. The Balaban J connectivity index is 2.27. The van der Waals surface area contributed by atoms with Gasteiger partial charge in [-0.3, -0.25) is 0 Å². The summed E-state index contributed by atoms with van der Waals surface area (Å²) in [6.45, 7) is 7.71. The van der Waals surface area contributed by atoms with Crippen molar-refractivity contribution in [3.63, 3.8) is 0 Å². The number of nitrogens with zero attached hydrogens (tertiary/aromatic N) is 2. The first kappa shape index (κ1) is 22.6. The van der Waals surface area contributed by atoms with E-state index in [-0.39, 0.29) is 11.8 Å². The van der Waals surface area contributed by atoms with Gasteiger partial charge in [0.2, 0.25) is 0 Å². The molecule has 2 amide bonds. The van der Waals surface area contributed by atoms with Crippen LogP contribution < -0.4 is 10.0 Å². The fraction of sp³-hybridized carbons (Fsp3) is 0.389. The molecule has 0 unspecified atom stereocenters. The van der Waals surface area contributed by atoms with Crippen molar-refractivity contribution in [2.45, 2.75) is 50.7 Å². The van der Waals surface area contributed by atoms with Crippen molar-refractivity contribution in [3.8, 4) is 0 Å². The van der Waals surface area contributed by atoms with E-state index in [0.29, 0.717) is 17.8 Å². The molecule has 0 saturated heterocycles. The number of amides is 2. The highest BCUT2D eigenvalue weighted by Crippen LogP contribution is 2.32. The number of benzene rings is 1. The van der Waals surface area contributed by atoms with E-state index in [1.54, 1.807) is 4.72 Å². The topological polar surface area (TPSA) is 101 Å². The molecular formula is C18H21F3N4O3S. The van der Waals surface area contributed by atoms with Crippen LogP contribution in [0.5, 0.6) is 0 Å². The summed E-state index contributed by atoms with van der Waals surface area (Å²) in [6, 6.07) is 5.55. The van der Waals surface area contributed by atoms with E-state index in [2.05, 4.69) is 15.5 Å². The van der Waals surface area contributed by atoms with Gasteiger partial charge in [0.15, 0.2) is 10.7 Å². The first-order valence-corrected chi connectivity index (χ1v) is 10.2. The maximum Gasteiger partial charge on any atom is 0.435 e. The van der Waals surface area contributed by atoms with Crippen LogP contribution in [0.4, 0.5) is 23.7 Å². The van der Waals surface area contributed by atoms with Gasteiger partial charge >= 0.3 is 12.2 Å². The highest BCUT2D eigenvalue weighted by molar-refractivity contribution is 7.90. The zero-order chi connectivity index (χ0) is 22.0. The van der Waals surface area contributed by atoms with Crippen molar-refractivity contribution in [3.05, 3.63) is 47.2 Å². The minimum atomic E-state index is -4.76. The van der Waals surface area contributed by atoms with Crippen molar-refractivity contribution in [1.82, 2.24) is 14.9 Å². The van der Waals surface area contributed by atoms with Gasteiger partial charge in [0, 0.05) is 5.69 Å². The summed E-state index contributed by atoms with van der Waals surface area (Å²) in [7, 11) is -4.51. The second-order valence-electron chi connectivity index (χ2n) is 6.94. The number of carbonyl (C=O) groups is 1. The SMILES string of the molecule is CC(C)c1cccc(C(C)C)c1NC(=O)NS(=O)(=O)c1ccc(C(F)(F)F)nn1. The molecule has 29 heavy (non-hydrogen) atoms. The predicted octanol–water partition coefficient (Wildman–Crippen LogP) is 4.25. The van der Waals surface area contributed by atoms with Gasteiger partial charge in [-0.05, 0) is 35.1 Å². The Kier molecular flexibility index (Phi) is 6.51. The first-order valence-electron chi connectivity index (χ1n) is 8.70. The summed E-state index contributed by atoms with van der Waals surface area (Å²) < 4.78 is 63.9. The van der Waals surface area contributed by atoms with Crippen LogP contribution in [0.25, 0.3) is 0 Å². The molecule has 11 heteroatoms. The highest BCUT2D eigenvalue weighted by Gasteiger charge is 2.33. The normalized spacial score (nSPS) is 12.3. The molecule has 0 saturated carbocycles. The number of hydrogen-bond acceptors (Lipinski definition) is 5. The number of para-hydroxylation sites is 1. The lowest BCUT2D eigenvalue weighted by molar-refractivity contribution is -0.141. The molecule has 0 aliphatic carbocycles. The molecule has 0 spiro atoms. The molecule has 1 aromatic heterocycles. The third kappa shape index (κ3) is 5.43. The average Bonchev–Trinajstić information content (AvgIpc) is 2.60. The largest absolute Gasteiger partial charge is 0.435 e. The minimum absolute atomic E-state index is 0.0568. The van der Waals surface area contributed by atoms with Gasteiger partial charge < -0.3 is 5.32 Å². The number of sulfonamides is 1. The fourth-order valence-corrected chi connectivity index (χ4v) is 3.42. The second-order valence-corrected chi connectivity index (χ2v) is 8.56. The van der Waals surface area contributed by atoms with Gasteiger partial charge in [-0.1, -0.05) is 45.9 Å². The molecule has 0 radical (unpaired) electrons. The molecule has 2 N–H and O–H groups in total. The third-order valence-corrected chi connectivity index (χ3v) is 5.27. The van der Waals surface area contributed by atoms with Gasteiger partial charge in [0.25, 0.3) is 10.0 Å². The molecule has 0 atom stereocenters. The Labute approximate surface area is 166 Å². The molecule has 0 fully saturated rings. The van der Waals surface area contributed by atoms with Gasteiger partial charge in [-0.2, -0.15) is 21.6 Å². The number of alkyl halides is 3. The van der Waals surface area contributed by atoms with E-state index >= 15 is 0 Å². The number of anilines is 1. The number of aromatic nitrogens is 2. The lowest BCUT2D eigenvalue weighted by Gasteiger charge is -2.20. The third-order valence-electron chi connectivity index (χ3n) is 4.04. The number of rotatable bonds is 5. The van der Waals surface area contributed by atoms with E-state index in [1.807, 2.05) is 45.9 Å². The lowest BCUT2D eigenvalue weighted by atomic mass is 9.93. The number of urea groups is 1. The molecule has 1 heterocycles. The Bertz CT molecular complexity index is 962. The highest BCUT2D eigenvalue weighted by atomic mass is 32.2. The molecule has 1 aromatic carbocycles. The fourth-order valence-electron chi connectivity index (χ4n) is 2.62. The Hall–Kier alpha value is -2.69.